The summed E-state index contributed by atoms with van der Waals surface area (Å²) in [6, 6.07) is 4.08. The summed E-state index contributed by atoms with van der Waals surface area (Å²) < 4.78 is 0. The predicted octanol–water partition coefficient (Wildman–Crippen LogP) is 1.77. The minimum absolute atomic E-state index is 0.106. The van der Waals surface area contributed by atoms with E-state index in [1.807, 2.05) is 24.1 Å². The third kappa shape index (κ3) is 2.91. The van der Waals surface area contributed by atoms with E-state index < -0.39 is 0 Å². The molecule has 98 valence electrons. The van der Waals surface area contributed by atoms with Crippen LogP contribution in [0.5, 0.6) is 0 Å². The Kier molecular flexibility index (Phi) is 4.02. The summed E-state index contributed by atoms with van der Waals surface area (Å²) in [5.74, 6) is 0.884. The van der Waals surface area contributed by atoms with E-state index in [4.69, 9.17) is 0 Å². The van der Waals surface area contributed by atoms with Gasteiger partial charge in [0.2, 0.25) is 0 Å². The van der Waals surface area contributed by atoms with Gasteiger partial charge in [0, 0.05) is 39.4 Å². The van der Waals surface area contributed by atoms with Crippen molar-refractivity contribution in [1.29, 1.82) is 0 Å². The molecule has 1 N–H and O–H groups in total. The Morgan fingerprint density at radius 2 is 2.28 bits per heavy atom. The molecule has 1 aliphatic heterocycles. The minimum Gasteiger partial charge on any atom is -0.370 e. The monoisotopic (exact) mass is 248 g/mol. The highest BCUT2D eigenvalue weighted by molar-refractivity contribution is 5.76. The summed E-state index contributed by atoms with van der Waals surface area (Å²) in [6.07, 6.45) is 2.86. The van der Waals surface area contributed by atoms with E-state index in [-0.39, 0.29) is 6.03 Å². The second-order valence-corrected chi connectivity index (χ2v) is 4.60. The van der Waals surface area contributed by atoms with Crippen LogP contribution in [0.15, 0.2) is 18.3 Å². The topological polar surface area (TPSA) is 48.5 Å². The van der Waals surface area contributed by atoms with Gasteiger partial charge in [0.15, 0.2) is 0 Å². The van der Waals surface area contributed by atoms with Gasteiger partial charge >= 0.3 is 6.03 Å². The molecule has 1 saturated heterocycles. The van der Waals surface area contributed by atoms with E-state index in [1.54, 1.807) is 11.1 Å². The Morgan fingerprint density at radius 3 is 2.94 bits per heavy atom. The van der Waals surface area contributed by atoms with Crippen LogP contribution < -0.4 is 5.32 Å². The van der Waals surface area contributed by atoms with Crippen LogP contribution in [-0.4, -0.2) is 47.5 Å². The van der Waals surface area contributed by atoms with Gasteiger partial charge < -0.3 is 15.1 Å². The van der Waals surface area contributed by atoms with E-state index in [9.17, 15) is 4.79 Å². The van der Waals surface area contributed by atoms with Crippen LogP contribution in [0.1, 0.15) is 18.9 Å². The second kappa shape index (κ2) is 5.71. The average molecular weight is 248 g/mol. The van der Waals surface area contributed by atoms with Gasteiger partial charge in [-0.05, 0) is 24.1 Å². The van der Waals surface area contributed by atoms with Crippen molar-refractivity contribution in [3.05, 3.63) is 23.9 Å². The van der Waals surface area contributed by atoms with Crippen molar-refractivity contribution in [2.75, 3.05) is 32.0 Å². The molecule has 2 amide bonds. The number of nitrogens with one attached hydrogen (secondary N) is 1. The highest BCUT2D eigenvalue weighted by Crippen LogP contribution is 2.13. The SMILES string of the molecule is CCCNc1cc(CN2CCN(C)C2=O)ccn1. The molecule has 1 aromatic heterocycles. The third-order valence-corrected chi connectivity index (χ3v) is 3.06. The van der Waals surface area contributed by atoms with E-state index >= 15 is 0 Å². The molecule has 0 aliphatic carbocycles. The molecule has 2 rings (SSSR count). The van der Waals surface area contributed by atoms with Crippen molar-refractivity contribution >= 4 is 11.8 Å². The lowest BCUT2D eigenvalue weighted by Gasteiger charge is -2.16. The van der Waals surface area contributed by atoms with Gasteiger partial charge in [-0.25, -0.2) is 9.78 Å². The Hall–Kier alpha value is -1.78. The first-order valence-electron chi connectivity index (χ1n) is 6.39. The van der Waals surface area contributed by atoms with Gasteiger partial charge in [0.25, 0.3) is 0 Å². The normalized spacial score (nSPS) is 15.3. The van der Waals surface area contributed by atoms with Crippen molar-refractivity contribution in [1.82, 2.24) is 14.8 Å². The maximum Gasteiger partial charge on any atom is 0.320 e. The van der Waals surface area contributed by atoms with Gasteiger partial charge in [-0.1, -0.05) is 6.92 Å². The van der Waals surface area contributed by atoms with E-state index in [0.29, 0.717) is 6.54 Å². The number of urea groups is 1. The van der Waals surface area contributed by atoms with Gasteiger partial charge in [-0.3, -0.25) is 0 Å². The first-order chi connectivity index (χ1) is 8.70. The average Bonchev–Trinajstić information content (AvgIpc) is 2.69. The lowest BCUT2D eigenvalue weighted by molar-refractivity contribution is 0.197. The van der Waals surface area contributed by atoms with Crippen LogP contribution in [0.2, 0.25) is 0 Å². The van der Waals surface area contributed by atoms with Crippen molar-refractivity contribution in [2.45, 2.75) is 19.9 Å². The fourth-order valence-electron chi connectivity index (χ4n) is 1.99. The maximum absolute atomic E-state index is 11.8. The summed E-state index contributed by atoms with van der Waals surface area (Å²) in [7, 11) is 1.84. The predicted molar refractivity (Wildman–Crippen MR) is 71.5 cm³/mol. The van der Waals surface area contributed by atoms with Crippen molar-refractivity contribution in [3.8, 4) is 0 Å². The molecule has 5 heteroatoms. The van der Waals surface area contributed by atoms with E-state index in [0.717, 1.165) is 37.4 Å². The van der Waals surface area contributed by atoms with Gasteiger partial charge in [-0.2, -0.15) is 0 Å². The molecule has 0 unspecified atom stereocenters. The molecular weight excluding hydrogens is 228 g/mol. The number of anilines is 1. The van der Waals surface area contributed by atoms with Crippen LogP contribution in [0.4, 0.5) is 10.6 Å². The zero-order valence-electron chi connectivity index (χ0n) is 11.0. The molecule has 1 aromatic rings. The van der Waals surface area contributed by atoms with Gasteiger partial charge in [-0.15, -0.1) is 0 Å². The zero-order valence-corrected chi connectivity index (χ0v) is 11.0. The molecule has 0 saturated carbocycles. The number of aromatic nitrogens is 1. The Balaban J connectivity index is 1.99. The van der Waals surface area contributed by atoms with Crippen LogP contribution in [0.25, 0.3) is 0 Å². The fourth-order valence-corrected chi connectivity index (χ4v) is 1.99. The largest absolute Gasteiger partial charge is 0.370 e. The van der Waals surface area contributed by atoms with Crippen molar-refractivity contribution < 1.29 is 4.79 Å². The second-order valence-electron chi connectivity index (χ2n) is 4.60. The van der Waals surface area contributed by atoms with Crippen molar-refractivity contribution in [3.63, 3.8) is 0 Å². The number of nitrogens with zero attached hydrogens (tertiary/aromatic N) is 3. The van der Waals surface area contributed by atoms with E-state index in [1.165, 1.54) is 0 Å². The number of amides is 2. The fraction of sp³-hybridized carbons (Fsp3) is 0.538. The third-order valence-electron chi connectivity index (χ3n) is 3.06. The molecule has 1 fully saturated rings. The van der Waals surface area contributed by atoms with Crippen LogP contribution >= 0.6 is 0 Å². The number of rotatable bonds is 5. The quantitative estimate of drug-likeness (QED) is 0.864. The molecule has 0 bridgehead atoms. The summed E-state index contributed by atoms with van der Waals surface area (Å²) >= 11 is 0. The number of pyridine rings is 1. The molecule has 18 heavy (non-hydrogen) atoms. The smallest absolute Gasteiger partial charge is 0.320 e. The molecule has 2 heterocycles. The van der Waals surface area contributed by atoms with Crippen LogP contribution in [0, 0.1) is 0 Å². The number of carbonyl (C=O) groups is 1. The lowest BCUT2D eigenvalue weighted by Crippen LogP contribution is -2.28. The van der Waals surface area contributed by atoms with Crippen molar-refractivity contribution in [2.24, 2.45) is 0 Å². The van der Waals surface area contributed by atoms with Gasteiger partial charge in [0.1, 0.15) is 5.82 Å². The maximum atomic E-state index is 11.8. The Labute approximate surface area is 108 Å². The summed E-state index contributed by atoms with van der Waals surface area (Å²) in [4.78, 5) is 19.7. The lowest BCUT2D eigenvalue weighted by atomic mass is 10.2. The summed E-state index contributed by atoms with van der Waals surface area (Å²) in [6.45, 7) is 5.31. The van der Waals surface area contributed by atoms with E-state index in [2.05, 4.69) is 17.2 Å². The number of hydrogen-bond donors (Lipinski definition) is 1. The molecular formula is C13H20N4O. The molecule has 1 aliphatic rings. The summed E-state index contributed by atoms with van der Waals surface area (Å²) in [5, 5.41) is 3.25. The molecule has 5 nitrogen and oxygen atoms in total. The van der Waals surface area contributed by atoms with Crippen LogP contribution in [0.3, 0.4) is 0 Å². The zero-order chi connectivity index (χ0) is 13.0. The van der Waals surface area contributed by atoms with Gasteiger partial charge in [0.05, 0.1) is 0 Å². The molecule has 0 aromatic carbocycles. The number of likely N-dealkylation sites (N-methyl/N-ethyl adjacent to an activating group) is 1. The first-order valence-corrected chi connectivity index (χ1v) is 6.39. The Morgan fingerprint density at radius 1 is 1.44 bits per heavy atom. The minimum atomic E-state index is 0.106. The molecule has 0 spiro atoms. The molecule has 0 radical (unpaired) electrons. The summed E-state index contributed by atoms with van der Waals surface area (Å²) in [5.41, 5.74) is 1.12. The highest BCUT2D eigenvalue weighted by Gasteiger charge is 2.24. The standard InChI is InChI=1S/C13H20N4O/c1-3-5-14-12-9-11(4-6-15-12)10-17-8-7-16(2)13(17)18/h4,6,9H,3,5,7-8,10H2,1-2H3,(H,14,15). The number of hydrogen-bond acceptors (Lipinski definition) is 3. The Bertz CT molecular complexity index is 421. The highest BCUT2D eigenvalue weighted by atomic mass is 16.2. The van der Waals surface area contributed by atoms with Crippen LogP contribution in [-0.2, 0) is 6.54 Å². The first kappa shape index (κ1) is 12.7. The molecule has 0 atom stereocenters. The number of carbonyl (C=O) groups excluding carboxylic acids is 1.